The topological polar surface area (TPSA) is 39.2 Å². The van der Waals surface area contributed by atoms with Crippen LogP contribution >= 0.6 is 27.3 Å². The molecular weight excluding hydrogens is 278 g/mol. The second-order valence-corrected chi connectivity index (χ2v) is 5.62. The molecule has 0 aromatic carbocycles. The van der Waals surface area contributed by atoms with E-state index in [-0.39, 0.29) is 10.8 Å². The van der Waals surface area contributed by atoms with Crippen molar-refractivity contribution in [1.29, 1.82) is 0 Å². The molecule has 0 aliphatic heterocycles. The summed E-state index contributed by atoms with van der Waals surface area (Å²) in [7, 11) is 1.38. The van der Waals surface area contributed by atoms with Gasteiger partial charge in [-0.3, -0.25) is 0 Å². The highest BCUT2D eigenvalue weighted by molar-refractivity contribution is 9.09. The molecule has 0 fully saturated rings. The number of methoxy groups -OCH3 is 1. The molecule has 0 aliphatic rings. The van der Waals surface area contributed by atoms with Gasteiger partial charge >= 0.3 is 5.97 Å². The van der Waals surface area contributed by atoms with Crippen LogP contribution in [0.15, 0.2) is 0 Å². The van der Waals surface area contributed by atoms with Gasteiger partial charge in [-0.2, -0.15) is 0 Å². The molecule has 1 aromatic rings. The summed E-state index contributed by atoms with van der Waals surface area (Å²) in [5.41, 5.74) is 0.743. The largest absolute Gasteiger partial charge is 0.465 e. The number of aryl methyl sites for hydroxylation is 1. The van der Waals surface area contributed by atoms with Crippen molar-refractivity contribution in [3.05, 3.63) is 15.6 Å². The summed E-state index contributed by atoms with van der Waals surface area (Å²) in [5.74, 6) is 0.140. The van der Waals surface area contributed by atoms with Crippen molar-refractivity contribution in [3.8, 4) is 0 Å². The van der Waals surface area contributed by atoms with Crippen LogP contribution in [0.5, 0.6) is 0 Å². The predicted octanol–water partition coefficient (Wildman–Crippen LogP) is 3.33. The van der Waals surface area contributed by atoms with Gasteiger partial charge < -0.3 is 4.74 Å². The third-order valence-corrected chi connectivity index (χ3v) is 5.02. The van der Waals surface area contributed by atoms with Crippen molar-refractivity contribution in [1.82, 2.24) is 4.98 Å². The number of rotatable bonds is 3. The normalized spacial score (nSPS) is 12.9. The van der Waals surface area contributed by atoms with E-state index in [9.17, 15) is 4.79 Å². The number of carbonyl (C=O) groups excluding carboxylic acids is 1. The Hall–Kier alpha value is -0.420. The second kappa shape index (κ2) is 5.07. The number of thiazole rings is 1. The number of hydrogen-bond donors (Lipinski definition) is 0. The molecule has 1 aromatic heterocycles. The lowest BCUT2D eigenvalue weighted by atomic mass is 10.1. The van der Waals surface area contributed by atoms with Crippen LogP contribution in [0.4, 0.5) is 0 Å². The highest BCUT2D eigenvalue weighted by Gasteiger charge is 2.21. The van der Waals surface area contributed by atoms with Gasteiger partial charge in [-0.1, -0.05) is 29.8 Å². The van der Waals surface area contributed by atoms with Gasteiger partial charge in [0.05, 0.1) is 17.6 Å². The van der Waals surface area contributed by atoms with Crippen LogP contribution < -0.4 is 0 Å². The van der Waals surface area contributed by atoms with Crippen LogP contribution in [0.3, 0.4) is 0 Å². The summed E-state index contributed by atoms with van der Waals surface area (Å²) in [4.78, 5) is 16.5. The van der Waals surface area contributed by atoms with Crippen molar-refractivity contribution in [2.45, 2.75) is 25.6 Å². The van der Waals surface area contributed by atoms with Gasteiger partial charge in [-0.05, 0) is 12.8 Å². The minimum absolute atomic E-state index is 0.194. The molecule has 0 bridgehead atoms. The van der Waals surface area contributed by atoms with E-state index < -0.39 is 0 Å². The first-order valence-electron chi connectivity index (χ1n) is 4.67. The average molecular weight is 292 g/mol. The van der Waals surface area contributed by atoms with E-state index in [1.807, 2.05) is 6.92 Å². The van der Waals surface area contributed by atoms with Gasteiger partial charge in [-0.15, -0.1) is 11.3 Å². The number of hydrogen-bond acceptors (Lipinski definition) is 4. The third kappa shape index (κ3) is 2.78. The number of halogens is 1. The molecule has 15 heavy (non-hydrogen) atoms. The number of nitrogens with zero attached hydrogens (tertiary/aromatic N) is 1. The first kappa shape index (κ1) is 12.6. The summed E-state index contributed by atoms with van der Waals surface area (Å²) in [6, 6.07) is 0. The summed E-state index contributed by atoms with van der Waals surface area (Å²) in [6.45, 7) is 6.04. The zero-order valence-electron chi connectivity index (χ0n) is 9.20. The van der Waals surface area contributed by atoms with Crippen molar-refractivity contribution >= 4 is 33.2 Å². The Bertz CT molecular complexity index is 362. The molecule has 1 rings (SSSR count). The fourth-order valence-electron chi connectivity index (χ4n) is 1.10. The van der Waals surface area contributed by atoms with Crippen molar-refractivity contribution in [2.24, 2.45) is 5.92 Å². The zero-order valence-corrected chi connectivity index (χ0v) is 11.6. The fourth-order valence-corrected chi connectivity index (χ4v) is 2.62. The van der Waals surface area contributed by atoms with Gasteiger partial charge in [0.15, 0.2) is 0 Å². The summed E-state index contributed by atoms with van der Waals surface area (Å²) in [6.07, 6.45) is 0. The van der Waals surface area contributed by atoms with E-state index in [0.717, 1.165) is 10.7 Å². The molecule has 0 saturated heterocycles. The number of alkyl halides is 1. The lowest BCUT2D eigenvalue weighted by Crippen LogP contribution is -1.99. The summed E-state index contributed by atoms with van der Waals surface area (Å²) >= 11 is 4.96. The Morgan fingerprint density at radius 2 is 2.13 bits per heavy atom. The van der Waals surface area contributed by atoms with Crippen LogP contribution in [-0.4, -0.2) is 18.1 Å². The van der Waals surface area contributed by atoms with E-state index in [1.165, 1.54) is 18.4 Å². The summed E-state index contributed by atoms with van der Waals surface area (Å²) in [5, 5.41) is 0.933. The molecule has 0 aliphatic carbocycles. The van der Waals surface area contributed by atoms with Crippen LogP contribution in [0.2, 0.25) is 0 Å². The van der Waals surface area contributed by atoms with E-state index >= 15 is 0 Å². The molecule has 0 saturated carbocycles. The van der Waals surface area contributed by atoms with Crippen molar-refractivity contribution in [3.63, 3.8) is 0 Å². The van der Waals surface area contributed by atoms with Crippen LogP contribution in [0, 0.1) is 12.8 Å². The van der Waals surface area contributed by atoms with E-state index in [1.54, 1.807) is 0 Å². The zero-order chi connectivity index (χ0) is 11.6. The first-order valence-corrected chi connectivity index (χ1v) is 6.40. The molecule has 0 spiro atoms. The van der Waals surface area contributed by atoms with Crippen LogP contribution in [-0.2, 0) is 4.74 Å². The van der Waals surface area contributed by atoms with Crippen molar-refractivity contribution in [2.75, 3.05) is 7.11 Å². The Kier molecular flexibility index (Phi) is 4.28. The molecule has 0 radical (unpaired) electrons. The smallest absolute Gasteiger partial charge is 0.349 e. The lowest BCUT2D eigenvalue weighted by Gasteiger charge is -2.09. The number of esters is 1. The Morgan fingerprint density at radius 1 is 1.53 bits per heavy atom. The van der Waals surface area contributed by atoms with Crippen molar-refractivity contribution < 1.29 is 9.53 Å². The van der Waals surface area contributed by atoms with Crippen LogP contribution in [0.25, 0.3) is 0 Å². The first-order chi connectivity index (χ1) is 6.97. The minimum atomic E-state index is -0.306. The lowest BCUT2D eigenvalue weighted by molar-refractivity contribution is 0.0605. The summed E-state index contributed by atoms with van der Waals surface area (Å²) < 4.78 is 4.69. The number of aromatic nitrogens is 1. The van der Waals surface area contributed by atoms with E-state index in [2.05, 4.69) is 39.5 Å². The number of carbonyl (C=O) groups is 1. The monoisotopic (exact) mass is 291 g/mol. The van der Waals surface area contributed by atoms with Gasteiger partial charge in [0.1, 0.15) is 9.88 Å². The molecule has 1 unspecified atom stereocenters. The molecule has 0 N–H and O–H groups in total. The molecule has 0 amide bonds. The highest BCUT2D eigenvalue weighted by Crippen LogP contribution is 2.34. The molecular formula is C10H14BrNO2S. The maximum atomic E-state index is 11.4. The fraction of sp³-hybridized carbons (Fsp3) is 0.600. The second-order valence-electron chi connectivity index (χ2n) is 3.60. The Labute approximate surface area is 102 Å². The standard InChI is InChI=1S/C10H14BrNO2S/c1-5(2)7(11)9-12-6(3)8(15-9)10(13)14-4/h5,7H,1-4H3. The minimum Gasteiger partial charge on any atom is -0.465 e. The molecule has 3 nitrogen and oxygen atoms in total. The predicted molar refractivity (Wildman–Crippen MR) is 64.7 cm³/mol. The maximum Gasteiger partial charge on any atom is 0.349 e. The Balaban J connectivity index is 3.00. The molecule has 5 heteroatoms. The van der Waals surface area contributed by atoms with Gasteiger partial charge in [0.25, 0.3) is 0 Å². The third-order valence-electron chi connectivity index (χ3n) is 2.01. The molecule has 84 valence electrons. The Morgan fingerprint density at radius 3 is 2.60 bits per heavy atom. The van der Waals surface area contributed by atoms with Gasteiger partial charge in [0, 0.05) is 0 Å². The SMILES string of the molecule is COC(=O)c1sc(C(Br)C(C)C)nc1C. The maximum absolute atomic E-state index is 11.4. The number of ether oxygens (including phenoxy) is 1. The van der Waals surface area contributed by atoms with Gasteiger partial charge in [0.2, 0.25) is 0 Å². The van der Waals surface area contributed by atoms with E-state index in [0.29, 0.717) is 10.8 Å². The highest BCUT2D eigenvalue weighted by atomic mass is 79.9. The van der Waals surface area contributed by atoms with Gasteiger partial charge in [-0.25, -0.2) is 9.78 Å². The molecule has 1 heterocycles. The molecule has 1 atom stereocenters. The average Bonchev–Trinajstić information content (AvgIpc) is 2.57. The van der Waals surface area contributed by atoms with Crippen LogP contribution in [0.1, 0.15) is 39.0 Å². The quantitative estimate of drug-likeness (QED) is 0.633. The van der Waals surface area contributed by atoms with E-state index in [4.69, 9.17) is 0 Å².